The molecule has 0 amide bonds. The highest BCUT2D eigenvalue weighted by atomic mass is 79.9. The summed E-state index contributed by atoms with van der Waals surface area (Å²) in [4.78, 5) is 0. The van der Waals surface area contributed by atoms with E-state index in [4.69, 9.17) is 29.0 Å². The molecule has 106 valence electrons. The van der Waals surface area contributed by atoms with E-state index in [-0.39, 0.29) is 11.9 Å². The van der Waals surface area contributed by atoms with Gasteiger partial charge in [-0.1, -0.05) is 39.1 Å². The van der Waals surface area contributed by atoms with E-state index in [0.29, 0.717) is 20.9 Å². The van der Waals surface area contributed by atoms with Crippen LogP contribution in [0.15, 0.2) is 40.9 Å². The molecule has 0 radical (unpaired) electrons. The molecule has 2 aromatic carbocycles. The van der Waals surface area contributed by atoms with Gasteiger partial charge in [0, 0.05) is 14.5 Å². The molecule has 0 aliphatic heterocycles. The van der Waals surface area contributed by atoms with Gasteiger partial charge in [-0.15, -0.1) is 0 Å². The van der Waals surface area contributed by atoms with Gasteiger partial charge in [-0.3, -0.25) is 11.3 Å². The van der Waals surface area contributed by atoms with Crippen LogP contribution in [-0.2, 0) is 6.42 Å². The number of hydrazine groups is 1. The summed E-state index contributed by atoms with van der Waals surface area (Å²) >= 11 is 15.2. The van der Waals surface area contributed by atoms with Gasteiger partial charge >= 0.3 is 0 Å². The first kappa shape index (κ1) is 15.7. The van der Waals surface area contributed by atoms with E-state index in [2.05, 4.69) is 21.4 Å². The van der Waals surface area contributed by atoms with Gasteiger partial charge in [0.05, 0.1) is 6.04 Å². The van der Waals surface area contributed by atoms with E-state index in [1.807, 2.05) is 6.07 Å². The lowest BCUT2D eigenvalue weighted by Crippen LogP contribution is -2.29. The lowest BCUT2D eigenvalue weighted by molar-refractivity contribution is 0.548. The number of halogens is 4. The molecule has 0 spiro atoms. The zero-order valence-corrected chi connectivity index (χ0v) is 13.4. The normalized spacial score (nSPS) is 12.4. The van der Waals surface area contributed by atoms with Crippen molar-refractivity contribution >= 4 is 39.1 Å². The molecule has 3 N–H and O–H groups in total. The monoisotopic (exact) mass is 376 g/mol. The Morgan fingerprint density at radius 2 is 1.75 bits per heavy atom. The molecule has 0 aliphatic rings. The van der Waals surface area contributed by atoms with Crippen molar-refractivity contribution in [2.24, 2.45) is 5.84 Å². The molecule has 0 heterocycles. The van der Waals surface area contributed by atoms with Crippen molar-refractivity contribution in [1.29, 1.82) is 0 Å². The summed E-state index contributed by atoms with van der Waals surface area (Å²) in [5.41, 5.74) is 4.37. The highest BCUT2D eigenvalue weighted by molar-refractivity contribution is 9.10. The van der Waals surface area contributed by atoms with Crippen molar-refractivity contribution in [3.63, 3.8) is 0 Å². The Kier molecular flexibility index (Phi) is 5.41. The van der Waals surface area contributed by atoms with Crippen molar-refractivity contribution in [2.75, 3.05) is 0 Å². The van der Waals surface area contributed by atoms with Gasteiger partial charge in [-0.05, 0) is 53.9 Å². The Morgan fingerprint density at radius 3 is 2.30 bits per heavy atom. The molecule has 1 unspecified atom stereocenters. The topological polar surface area (TPSA) is 38.0 Å². The van der Waals surface area contributed by atoms with Crippen LogP contribution in [0.1, 0.15) is 17.2 Å². The van der Waals surface area contributed by atoms with Crippen molar-refractivity contribution in [1.82, 2.24) is 5.43 Å². The molecule has 0 aliphatic carbocycles. The molecular weight excluding hydrogens is 366 g/mol. The van der Waals surface area contributed by atoms with Crippen molar-refractivity contribution in [2.45, 2.75) is 12.5 Å². The van der Waals surface area contributed by atoms with Crippen LogP contribution in [0.2, 0.25) is 10.0 Å². The molecule has 0 saturated carbocycles. The summed E-state index contributed by atoms with van der Waals surface area (Å²) in [6.07, 6.45) is 0.517. The van der Waals surface area contributed by atoms with Gasteiger partial charge in [0.2, 0.25) is 0 Å². The van der Waals surface area contributed by atoms with Gasteiger partial charge < -0.3 is 0 Å². The van der Waals surface area contributed by atoms with E-state index in [1.165, 1.54) is 12.1 Å². The number of hydrogen-bond donors (Lipinski definition) is 2. The number of nitrogens with two attached hydrogens (primary N) is 1. The zero-order chi connectivity index (χ0) is 14.7. The fraction of sp³-hybridized carbons (Fsp3) is 0.143. The largest absolute Gasteiger partial charge is 0.271 e. The Morgan fingerprint density at radius 1 is 1.10 bits per heavy atom. The second kappa shape index (κ2) is 6.87. The standard InChI is InChI=1S/C14H12BrCl2FN2/c15-10-1-8(2-13(18)6-10)3-14(20-19)9-4-11(16)7-12(17)5-9/h1-2,4-7,14,20H,3,19H2. The van der Waals surface area contributed by atoms with Crippen molar-refractivity contribution < 1.29 is 4.39 Å². The predicted molar refractivity (Wildman–Crippen MR) is 84.3 cm³/mol. The molecule has 1 atom stereocenters. The van der Waals surface area contributed by atoms with Gasteiger partial charge in [0.15, 0.2) is 0 Å². The summed E-state index contributed by atoms with van der Waals surface area (Å²) in [6.45, 7) is 0. The predicted octanol–water partition coefficient (Wildman–Crippen LogP) is 4.64. The molecule has 2 aromatic rings. The number of rotatable bonds is 4. The molecule has 0 bridgehead atoms. The summed E-state index contributed by atoms with van der Waals surface area (Å²) in [7, 11) is 0. The molecular formula is C14H12BrCl2FN2. The van der Waals surface area contributed by atoms with E-state index in [9.17, 15) is 4.39 Å². The molecule has 0 saturated heterocycles. The van der Waals surface area contributed by atoms with Crippen molar-refractivity contribution in [3.8, 4) is 0 Å². The van der Waals surface area contributed by atoms with E-state index in [0.717, 1.165) is 11.1 Å². The second-order valence-electron chi connectivity index (χ2n) is 4.40. The maximum atomic E-state index is 13.4. The maximum Gasteiger partial charge on any atom is 0.124 e. The fourth-order valence-electron chi connectivity index (χ4n) is 2.01. The molecule has 0 aromatic heterocycles. The van der Waals surface area contributed by atoms with Crippen LogP contribution in [0.5, 0.6) is 0 Å². The van der Waals surface area contributed by atoms with Crippen LogP contribution in [0.3, 0.4) is 0 Å². The molecule has 0 fully saturated rings. The summed E-state index contributed by atoms with van der Waals surface area (Å²) < 4.78 is 14.1. The summed E-state index contributed by atoms with van der Waals surface area (Å²) in [5, 5.41) is 1.07. The minimum Gasteiger partial charge on any atom is -0.271 e. The van der Waals surface area contributed by atoms with E-state index < -0.39 is 0 Å². The quantitative estimate of drug-likeness (QED) is 0.601. The van der Waals surface area contributed by atoms with E-state index >= 15 is 0 Å². The Balaban J connectivity index is 2.28. The van der Waals surface area contributed by atoms with Crippen LogP contribution >= 0.6 is 39.1 Å². The molecule has 2 nitrogen and oxygen atoms in total. The lowest BCUT2D eigenvalue weighted by atomic mass is 9.99. The minimum atomic E-state index is -0.297. The molecule has 20 heavy (non-hydrogen) atoms. The van der Waals surface area contributed by atoms with Gasteiger partial charge in [-0.2, -0.15) is 0 Å². The SMILES string of the molecule is NNC(Cc1cc(F)cc(Br)c1)c1cc(Cl)cc(Cl)c1. The maximum absolute atomic E-state index is 13.4. The first-order valence-electron chi connectivity index (χ1n) is 5.85. The highest BCUT2D eigenvalue weighted by Gasteiger charge is 2.13. The van der Waals surface area contributed by atoms with Gasteiger partial charge in [0.25, 0.3) is 0 Å². The fourth-order valence-corrected chi connectivity index (χ4v) is 3.07. The summed E-state index contributed by atoms with van der Waals surface area (Å²) in [6, 6.07) is 9.74. The second-order valence-corrected chi connectivity index (χ2v) is 6.19. The van der Waals surface area contributed by atoms with Crippen LogP contribution in [0.25, 0.3) is 0 Å². The third-order valence-electron chi connectivity index (χ3n) is 2.85. The lowest BCUT2D eigenvalue weighted by Gasteiger charge is -2.17. The van der Waals surface area contributed by atoms with Crippen molar-refractivity contribution in [3.05, 3.63) is 67.9 Å². The highest BCUT2D eigenvalue weighted by Crippen LogP contribution is 2.26. The molecule has 2 rings (SSSR count). The minimum absolute atomic E-state index is 0.208. The molecule has 6 heteroatoms. The van der Waals surface area contributed by atoms with Crippen LogP contribution < -0.4 is 11.3 Å². The Bertz CT molecular complexity index is 582. The third-order valence-corrected chi connectivity index (χ3v) is 3.74. The first-order chi connectivity index (χ1) is 9.47. The Hall–Kier alpha value is -0.650. The number of hydrogen-bond acceptors (Lipinski definition) is 2. The Labute approximate surface area is 135 Å². The first-order valence-corrected chi connectivity index (χ1v) is 7.40. The van der Waals surface area contributed by atoms with Crippen LogP contribution in [0, 0.1) is 5.82 Å². The summed E-state index contributed by atoms with van der Waals surface area (Å²) in [5.74, 6) is 5.29. The van der Waals surface area contributed by atoms with E-state index in [1.54, 1.807) is 18.2 Å². The van der Waals surface area contributed by atoms with Crippen LogP contribution in [0.4, 0.5) is 4.39 Å². The number of nitrogens with one attached hydrogen (secondary N) is 1. The average Bonchev–Trinajstić information content (AvgIpc) is 2.33. The third kappa shape index (κ3) is 4.17. The average molecular weight is 378 g/mol. The van der Waals surface area contributed by atoms with Gasteiger partial charge in [0.1, 0.15) is 5.82 Å². The smallest absolute Gasteiger partial charge is 0.124 e. The van der Waals surface area contributed by atoms with Crippen LogP contribution in [-0.4, -0.2) is 0 Å². The van der Waals surface area contributed by atoms with Gasteiger partial charge in [-0.25, -0.2) is 4.39 Å². The zero-order valence-electron chi connectivity index (χ0n) is 10.3. The number of benzene rings is 2.